The van der Waals surface area contributed by atoms with Gasteiger partial charge in [-0.25, -0.2) is 0 Å². The van der Waals surface area contributed by atoms with Crippen molar-refractivity contribution >= 4 is 42.4 Å². The van der Waals surface area contributed by atoms with Gasteiger partial charge in [0.15, 0.2) is 0 Å². The third kappa shape index (κ3) is 3.76. The minimum absolute atomic E-state index is 0.0233. The summed E-state index contributed by atoms with van der Waals surface area (Å²) in [5.41, 5.74) is 3.94. The topological polar surface area (TPSA) is 0 Å². The average Bonchev–Trinajstić information content (AvgIpc) is 2.84. The van der Waals surface area contributed by atoms with Crippen LogP contribution >= 0.6 is 36.3 Å². The van der Waals surface area contributed by atoms with E-state index in [2.05, 4.69) is 103 Å². The van der Waals surface area contributed by atoms with Crippen molar-refractivity contribution in [3.05, 3.63) is 83.3 Å². The molecule has 1 radical (unpaired) electrons. The van der Waals surface area contributed by atoms with Crippen molar-refractivity contribution in [2.45, 2.75) is 0 Å². The first-order valence-electron chi connectivity index (χ1n) is 5.53. The van der Waals surface area contributed by atoms with Gasteiger partial charge in [0.25, 0.3) is 0 Å². The fourth-order valence-corrected chi connectivity index (χ4v) is 2.02. The first-order valence-corrected chi connectivity index (χ1v) is 25.9. The van der Waals surface area contributed by atoms with Crippen molar-refractivity contribution in [1.29, 1.82) is 0 Å². The second-order valence-corrected chi connectivity index (χ2v) is 30.0. The summed E-state index contributed by atoms with van der Waals surface area (Å²) >= 11 is 4.96. The Labute approximate surface area is 138 Å². The van der Waals surface area contributed by atoms with Gasteiger partial charge >= 0.3 is 50.9 Å². The number of hydrogen-bond acceptors (Lipinski definition) is 0. The molecule has 18 heavy (non-hydrogen) atoms. The van der Waals surface area contributed by atoms with Crippen molar-refractivity contribution < 1.29 is 14.6 Å². The summed E-state index contributed by atoms with van der Waals surface area (Å²) < 4.78 is 0. The molecule has 3 heteroatoms. The molecule has 0 nitrogen and oxygen atoms in total. The molecule has 2 aromatic rings. The Morgan fingerprint density at radius 3 is 2.06 bits per heavy atom. The van der Waals surface area contributed by atoms with Crippen LogP contribution in [0.25, 0.3) is 6.08 Å². The summed E-state index contributed by atoms with van der Waals surface area (Å²) in [5, 5.41) is 0. The molecule has 2 aromatic carbocycles. The van der Waals surface area contributed by atoms with Crippen LogP contribution in [0, 0.1) is 5.92 Å². The van der Waals surface area contributed by atoms with E-state index >= 15 is 0 Å². The van der Waals surface area contributed by atoms with Gasteiger partial charge in [0.2, 0.25) is 0 Å². The Kier molecular flexibility index (Phi) is 6.58. The van der Waals surface area contributed by atoms with E-state index in [0.29, 0.717) is 0 Å². The number of halogens is 2. The number of hydrogen-bond donors (Lipinski definition) is 0. The van der Waals surface area contributed by atoms with Crippen LogP contribution in [-0.4, -0.2) is 0 Å². The molecule has 1 aliphatic carbocycles. The quantitative estimate of drug-likeness (QED) is 0.293. The van der Waals surface area contributed by atoms with E-state index in [4.69, 9.17) is 0 Å². The normalized spacial score (nSPS) is 12.6. The van der Waals surface area contributed by atoms with E-state index in [1.54, 1.807) is 0 Å². The molecule has 89 valence electrons. The molecule has 3 rings (SSSR count). The zero-order chi connectivity index (χ0) is 12.8. The van der Waals surface area contributed by atoms with E-state index in [1.165, 1.54) is 22.6 Å². The van der Waals surface area contributed by atoms with Crippen molar-refractivity contribution in [2.24, 2.45) is 0 Å². The fraction of sp³-hybridized carbons (Fsp3) is 0. The van der Waals surface area contributed by atoms with Gasteiger partial charge < -0.3 is 0 Å². The molecule has 0 fully saturated rings. The molecule has 0 heterocycles. The molecular weight excluding hydrogens is 612 g/mol. The maximum absolute atomic E-state index is 2.47. The third-order valence-electron chi connectivity index (χ3n) is 2.77. The average molecular weight is 624 g/mol. The van der Waals surface area contributed by atoms with Gasteiger partial charge in [-0.3, -0.25) is 0 Å². The van der Waals surface area contributed by atoms with Crippen molar-refractivity contribution in [1.82, 2.24) is 0 Å². The number of allylic oxidation sites excluding steroid dienone is 1. The summed E-state index contributed by atoms with van der Waals surface area (Å²) in [6, 6.07) is 19.0. The SMILES string of the molecule is C1=Cc2ccccc2[C]1c1ccccc1.[I][Hf][I]. The van der Waals surface area contributed by atoms with Gasteiger partial charge in [-0.2, -0.15) is 0 Å². The van der Waals surface area contributed by atoms with Crippen LogP contribution in [0.15, 0.2) is 60.7 Å². The summed E-state index contributed by atoms with van der Waals surface area (Å²) in [5.74, 6) is 1.33. The van der Waals surface area contributed by atoms with Gasteiger partial charge in [0, 0.05) is 0 Å². The van der Waals surface area contributed by atoms with E-state index in [9.17, 15) is 0 Å². The molecule has 0 aliphatic heterocycles. The van der Waals surface area contributed by atoms with Crippen LogP contribution < -0.4 is 0 Å². The second-order valence-electron chi connectivity index (χ2n) is 3.77. The molecule has 0 N–H and O–H groups in total. The fourth-order valence-electron chi connectivity index (χ4n) is 2.02. The summed E-state index contributed by atoms with van der Waals surface area (Å²) in [7, 11) is 0. The predicted octanol–water partition coefficient (Wildman–Crippen LogP) is 5.45. The molecular formula is C15H11HfI2. The van der Waals surface area contributed by atoms with E-state index in [-0.39, 0.29) is 14.6 Å². The predicted molar refractivity (Wildman–Crippen MR) is 91.4 cm³/mol. The number of benzene rings is 2. The minimum atomic E-state index is 0.0233. The Hall–Kier alpha value is 0.510. The first kappa shape index (κ1) is 14.9. The molecule has 0 spiro atoms. The Morgan fingerprint density at radius 1 is 0.722 bits per heavy atom. The standard InChI is InChI=1S/C15H11.Hf.2HI/c1-2-6-12(7-3-1)15-11-10-13-8-4-5-9-14(13)15;;;/h1-11H;;2*1H/q;+2;;/p-2. The van der Waals surface area contributed by atoms with Crippen LogP contribution in [0.4, 0.5) is 0 Å². The van der Waals surface area contributed by atoms with Crippen LogP contribution in [0.2, 0.25) is 0 Å². The molecule has 0 saturated heterocycles. The van der Waals surface area contributed by atoms with E-state index < -0.39 is 0 Å². The summed E-state index contributed by atoms with van der Waals surface area (Å²) in [4.78, 5) is 0. The number of rotatable bonds is 1. The van der Waals surface area contributed by atoms with Crippen molar-refractivity contribution in [2.75, 3.05) is 0 Å². The maximum atomic E-state index is 2.47. The van der Waals surface area contributed by atoms with Gasteiger partial charge in [0.1, 0.15) is 0 Å². The summed E-state index contributed by atoms with van der Waals surface area (Å²) in [6.07, 6.45) is 4.37. The molecule has 0 amide bonds. The second kappa shape index (κ2) is 7.95. The first-order chi connectivity index (χ1) is 8.86. The van der Waals surface area contributed by atoms with Crippen LogP contribution in [0.5, 0.6) is 0 Å². The van der Waals surface area contributed by atoms with Crippen LogP contribution in [0.1, 0.15) is 16.7 Å². The molecule has 1 aliphatic rings. The molecule has 0 saturated carbocycles. The van der Waals surface area contributed by atoms with Gasteiger partial charge in [-0.1, -0.05) is 66.7 Å². The molecule has 0 aromatic heterocycles. The summed E-state index contributed by atoms with van der Waals surface area (Å²) in [6.45, 7) is 0. The monoisotopic (exact) mass is 625 g/mol. The zero-order valence-electron chi connectivity index (χ0n) is 9.61. The van der Waals surface area contributed by atoms with E-state index in [1.807, 2.05) is 0 Å². The van der Waals surface area contributed by atoms with Crippen molar-refractivity contribution in [3.63, 3.8) is 0 Å². The van der Waals surface area contributed by atoms with Gasteiger partial charge in [-0.15, -0.1) is 0 Å². The molecule has 0 bridgehead atoms. The molecule has 0 unspecified atom stereocenters. The Morgan fingerprint density at radius 2 is 1.33 bits per heavy atom. The Balaban J connectivity index is 0.000000367. The van der Waals surface area contributed by atoms with Crippen LogP contribution in [-0.2, 0) is 14.6 Å². The molecule has 0 atom stereocenters. The van der Waals surface area contributed by atoms with E-state index in [0.717, 1.165) is 0 Å². The zero-order valence-corrected chi connectivity index (χ0v) is 17.5. The Bertz CT molecular complexity index is 523. The van der Waals surface area contributed by atoms with Crippen molar-refractivity contribution in [3.8, 4) is 0 Å². The van der Waals surface area contributed by atoms with Crippen LogP contribution in [0.3, 0.4) is 0 Å². The third-order valence-corrected chi connectivity index (χ3v) is 2.77. The van der Waals surface area contributed by atoms with Gasteiger partial charge in [-0.05, 0) is 16.7 Å². The number of fused-ring (bicyclic) bond motifs is 1. The van der Waals surface area contributed by atoms with Gasteiger partial charge in [0.05, 0.1) is 5.92 Å².